The molecular formula is C30H31NO5. The maximum atomic E-state index is 13.5. The Bertz CT molecular complexity index is 1320. The number of hydrogen-bond donors (Lipinski definition) is 1. The standard InChI is InChI=1S/C30H31NO5/c1-6-36-22-14-12-21(13-15-22)31-27(23-10-8-7-9-19(23)4)26(29(33)30(31)34)28(32)20-11-16-25(35-5)24(17-20)18(2)3/h7-18,27,32H,6H2,1-5H3/b28-26+. The number of carbonyl (C=O) groups excluding carboxylic acids is 2. The monoisotopic (exact) mass is 485 g/mol. The molecule has 1 aliphatic heterocycles. The zero-order valence-electron chi connectivity index (χ0n) is 21.2. The van der Waals surface area contributed by atoms with Crippen molar-refractivity contribution < 1.29 is 24.2 Å². The summed E-state index contributed by atoms with van der Waals surface area (Å²) in [5, 5.41) is 11.5. The highest BCUT2D eigenvalue weighted by Gasteiger charge is 2.47. The normalized spacial score (nSPS) is 17.1. The molecule has 3 aromatic carbocycles. The third-order valence-electron chi connectivity index (χ3n) is 6.48. The summed E-state index contributed by atoms with van der Waals surface area (Å²) >= 11 is 0. The van der Waals surface area contributed by atoms with Gasteiger partial charge in [-0.15, -0.1) is 0 Å². The molecule has 1 unspecified atom stereocenters. The Hall–Kier alpha value is -4.06. The summed E-state index contributed by atoms with van der Waals surface area (Å²) in [7, 11) is 1.60. The highest BCUT2D eigenvalue weighted by molar-refractivity contribution is 6.51. The van der Waals surface area contributed by atoms with Gasteiger partial charge in [0.15, 0.2) is 0 Å². The highest BCUT2D eigenvalue weighted by Crippen LogP contribution is 2.44. The quantitative estimate of drug-likeness (QED) is 0.247. The smallest absolute Gasteiger partial charge is 0.300 e. The van der Waals surface area contributed by atoms with Gasteiger partial charge in [0.2, 0.25) is 0 Å². The molecule has 0 saturated carbocycles. The Kier molecular flexibility index (Phi) is 7.15. The number of carbonyl (C=O) groups is 2. The molecule has 36 heavy (non-hydrogen) atoms. The number of Topliss-reactive ketones (excluding diaryl/α,β-unsaturated/α-hetero) is 1. The number of anilines is 1. The van der Waals surface area contributed by atoms with Crippen LogP contribution in [0, 0.1) is 6.92 Å². The van der Waals surface area contributed by atoms with Gasteiger partial charge in [0.1, 0.15) is 17.3 Å². The second-order valence-electron chi connectivity index (χ2n) is 9.06. The third-order valence-corrected chi connectivity index (χ3v) is 6.48. The van der Waals surface area contributed by atoms with Crippen molar-refractivity contribution in [3.63, 3.8) is 0 Å². The summed E-state index contributed by atoms with van der Waals surface area (Å²) in [5.74, 6) is -0.120. The van der Waals surface area contributed by atoms with Crippen molar-refractivity contribution in [2.24, 2.45) is 0 Å². The van der Waals surface area contributed by atoms with Crippen LogP contribution in [0.3, 0.4) is 0 Å². The topological polar surface area (TPSA) is 76.1 Å². The number of amides is 1. The molecule has 3 aromatic rings. The van der Waals surface area contributed by atoms with Crippen LogP contribution in [-0.4, -0.2) is 30.5 Å². The SMILES string of the molecule is CCOc1ccc(N2C(=O)C(=O)/C(=C(/O)c3ccc(OC)c(C(C)C)c3)C2c2ccccc2C)cc1. The summed E-state index contributed by atoms with van der Waals surface area (Å²) in [6, 6.07) is 19.1. The van der Waals surface area contributed by atoms with Crippen LogP contribution >= 0.6 is 0 Å². The van der Waals surface area contributed by atoms with E-state index in [-0.39, 0.29) is 17.3 Å². The van der Waals surface area contributed by atoms with Crippen molar-refractivity contribution in [1.82, 2.24) is 0 Å². The van der Waals surface area contributed by atoms with E-state index in [1.54, 1.807) is 43.5 Å². The molecule has 1 atom stereocenters. The van der Waals surface area contributed by atoms with Gasteiger partial charge in [0, 0.05) is 11.3 Å². The van der Waals surface area contributed by atoms with E-state index >= 15 is 0 Å². The summed E-state index contributed by atoms with van der Waals surface area (Å²) in [6.07, 6.45) is 0. The first-order chi connectivity index (χ1) is 17.3. The predicted molar refractivity (Wildman–Crippen MR) is 141 cm³/mol. The molecule has 1 aliphatic rings. The van der Waals surface area contributed by atoms with Crippen LogP contribution < -0.4 is 14.4 Å². The Morgan fingerprint density at radius 2 is 1.72 bits per heavy atom. The van der Waals surface area contributed by atoms with Gasteiger partial charge in [-0.05, 0) is 78.9 Å². The number of methoxy groups -OCH3 is 1. The van der Waals surface area contributed by atoms with Gasteiger partial charge in [-0.25, -0.2) is 0 Å². The molecule has 0 bridgehead atoms. The summed E-state index contributed by atoms with van der Waals surface area (Å²) in [4.78, 5) is 28.3. The lowest BCUT2D eigenvalue weighted by Gasteiger charge is -2.27. The lowest BCUT2D eigenvalue weighted by Crippen LogP contribution is -2.29. The van der Waals surface area contributed by atoms with E-state index in [4.69, 9.17) is 9.47 Å². The third kappa shape index (κ3) is 4.47. The predicted octanol–water partition coefficient (Wildman–Crippen LogP) is 6.15. The number of aryl methyl sites for hydroxylation is 1. The average Bonchev–Trinajstić information content (AvgIpc) is 3.14. The fraction of sp³-hybridized carbons (Fsp3) is 0.267. The molecule has 4 rings (SSSR count). The van der Waals surface area contributed by atoms with E-state index in [1.807, 2.05) is 58.0 Å². The van der Waals surface area contributed by atoms with Crippen LogP contribution in [-0.2, 0) is 9.59 Å². The molecule has 186 valence electrons. The van der Waals surface area contributed by atoms with Crippen LogP contribution in [0.4, 0.5) is 5.69 Å². The molecule has 6 heteroatoms. The summed E-state index contributed by atoms with van der Waals surface area (Å²) < 4.78 is 11.0. The van der Waals surface area contributed by atoms with Crippen LogP contribution in [0.15, 0.2) is 72.3 Å². The molecule has 0 radical (unpaired) electrons. The van der Waals surface area contributed by atoms with Crippen LogP contribution in [0.1, 0.15) is 55.0 Å². The molecule has 1 N–H and O–H groups in total. The molecule has 1 fully saturated rings. The van der Waals surface area contributed by atoms with Gasteiger partial charge < -0.3 is 14.6 Å². The average molecular weight is 486 g/mol. The first kappa shape index (κ1) is 25.0. The Balaban J connectivity index is 1.92. The summed E-state index contributed by atoms with van der Waals surface area (Å²) in [5.41, 5.74) is 3.64. The maximum absolute atomic E-state index is 13.5. The number of rotatable bonds is 7. The summed E-state index contributed by atoms with van der Waals surface area (Å²) in [6.45, 7) is 8.40. The highest BCUT2D eigenvalue weighted by atomic mass is 16.5. The van der Waals surface area contributed by atoms with E-state index in [1.165, 1.54) is 4.90 Å². The van der Waals surface area contributed by atoms with Crippen molar-refractivity contribution in [1.29, 1.82) is 0 Å². The van der Waals surface area contributed by atoms with Gasteiger partial charge in [0.05, 0.1) is 25.3 Å². The number of benzene rings is 3. The first-order valence-corrected chi connectivity index (χ1v) is 12.1. The lowest BCUT2D eigenvalue weighted by molar-refractivity contribution is -0.132. The van der Waals surface area contributed by atoms with Crippen molar-refractivity contribution >= 4 is 23.1 Å². The lowest BCUT2D eigenvalue weighted by atomic mass is 9.91. The fourth-order valence-electron chi connectivity index (χ4n) is 4.64. The Labute approximate surface area is 211 Å². The second-order valence-corrected chi connectivity index (χ2v) is 9.06. The van der Waals surface area contributed by atoms with Crippen LogP contribution in [0.5, 0.6) is 11.5 Å². The van der Waals surface area contributed by atoms with Gasteiger partial charge in [-0.3, -0.25) is 14.5 Å². The molecular weight excluding hydrogens is 454 g/mol. The van der Waals surface area contributed by atoms with Crippen molar-refractivity contribution in [3.05, 3.63) is 94.6 Å². The van der Waals surface area contributed by atoms with Crippen molar-refractivity contribution in [3.8, 4) is 11.5 Å². The number of ether oxygens (including phenoxy) is 2. The number of aliphatic hydroxyl groups excluding tert-OH is 1. The van der Waals surface area contributed by atoms with Gasteiger partial charge in [-0.2, -0.15) is 0 Å². The van der Waals surface area contributed by atoms with Crippen molar-refractivity contribution in [2.75, 3.05) is 18.6 Å². The van der Waals surface area contributed by atoms with E-state index in [9.17, 15) is 14.7 Å². The van der Waals surface area contributed by atoms with Crippen LogP contribution in [0.25, 0.3) is 5.76 Å². The van der Waals surface area contributed by atoms with E-state index in [0.29, 0.717) is 29.4 Å². The molecule has 1 amide bonds. The first-order valence-electron chi connectivity index (χ1n) is 12.1. The Morgan fingerprint density at radius 1 is 1.03 bits per heavy atom. The van der Waals surface area contributed by atoms with Crippen LogP contribution in [0.2, 0.25) is 0 Å². The van der Waals surface area contributed by atoms with E-state index in [2.05, 4.69) is 0 Å². The largest absolute Gasteiger partial charge is 0.507 e. The number of ketones is 1. The number of nitrogens with zero attached hydrogens (tertiary/aromatic N) is 1. The minimum absolute atomic E-state index is 0.0584. The minimum atomic E-state index is -0.784. The van der Waals surface area contributed by atoms with Crippen molar-refractivity contribution in [2.45, 2.75) is 39.7 Å². The van der Waals surface area contributed by atoms with E-state index in [0.717, 1.165) is 16.7 Å². The van der Waals surface area contributed by atoms with Gasteiger partial charge in [0.25, 0.3) is 11.7 Å². The minimum Gasteiger partial charge on any atom is -0.507 e. The van der Waals surface area contributed by atoms with Gasteiger partial charge in [-0.1, -0.05) is 38.1 Å². The van der Waals surface area contributed by atoms with E-state index < -0.39 is 17.7 Å². The fourth-order valence-corrected chi connectivity index (χ4v) is 4.64. The van der Waals surface area contributed by atoms with Gasteiger partial charge >= 0.3 is 0 Å². The second kappa shape index (κ2) is 10.3. The zero-order chi connectivity index (χ0) is 26.0. The molecule has 6 nitrogen and oxygen atoms in total. The Morgan fingerprint density at radius 3 is 2.33 bits per heavy atom. The zero-order valence-corrected chi connectivity index (χ0v) is 21.2. The molecule has 0 aromatic heterocycles. The maximum Gasteiger partial charge on any atom is 0.300 e. The molecule has 1 saturated heterocycles. The molecule has 0 spiro atoms. The number of hydrogen-bond acceptors (Lipinski definition) is 5. The molecule has 1 heterocycles. The number of aliphatic hydroxyl groups is 1. The molecule has 0 aliphatic carbocycles.